The smallest absolute Gasteiger partial charge is 0.271 e. The van der Waals surface area contributed by atoms with Gasteiger partial charge in [-0.15, -0.1) is 0 Å². The predicted octanol–water partition coefficient (Wildman–Crippen LogP) is 4.51. The van der Waals surface area contributed by atoms with E-state index in [2.05, 4.69) is 20.5 Å². The van der Waals surface area contributed by atoms with E-state index in [9.17, 15) is 4.79 Å². The Bertz CT molecular complexity index is 1290. The summed E-state index contributed by atoms with van der Waals surface area (Å²) in [4.78, 5) is 20.3. The highest BCUT2D eigenvalue weighted by Crippen LogP contribution is 2.26. The number of hydrogen-bond acceptors (Lipinski definition) is 5. The number of aromatic amines is 1. The Morgan fingerprint density at radius 1 is 0.938 bits per heavy atom. The molecule has 0 saturated carbocycles. The molecule has 160 valence electrons. The first kappa shape index (κ1) is 20.9. The Balaban J connectivity index is 1.44. The van der Waals surface area contributed by atoms with Crippen molar-refractivity contribution in [1.29, 1.82) is 0 Å². The maximum atomic E-state index is 12.5. The number of benzene rings is 3. The number of carbonyl (C=O) groups excluding carboxylic acids is 1. The van der Waals surface area contributed by atoms with Crippen LogP contribution in [0.2, 0.25) is 0 Å². The van der Waals surface area contributed by atoms with Gasteiger partial charge in [0.2, 0.25) is 0 Å². The minimum Gasteiger partial charge on any atom is -0.493 e. The van der Waals surface area contributed by atoms with E-state index in [1.165, 1.54) is 0 Å². The number of ether oxygens (including phenoxy) is 2. The summed E-state index contributed by atoms with van der Waals surface area (Å²) in [6.45, 7) is 0. The number of rotatable bonds is 7. The van der Waals surface area contributed by atoms with Gasteiger partial charge in [-0.05, 0) is 53.6 Å². The molecule has 7 nitrogen and oxygen atoms in total. The molecule has 0 bridgehead atoms. The van der Waals surface area contributed by atoms with Crippen LogP contribution in [0.4, 0.5) is 0 Å². The van der Waals surface area contributed by atoms with E-state index in [0.717, 1.165) is 22.2 Å². The summed E-state index contributed by atoms with van der Waals surface area (Å²) in [7, 11) is 3.14. The zero-order chi connectivity index (χ0) is 22.3. The van der Waals surface area contributed by atoms with E-state index in [-0.39, 0.29) is 5.91 Å². The fourth-order valence-corrected chi connectivity index (χ4v) is 3.15. The van der Waals surface area contributed by atoms with E-state index in [0.29, 0.717) is 22.9 Å². The number of nitrogens with zero attached hydrogens (tertiary/aromatic N) is 2. The number of methoxy groups -OCH3 is 2. The van der Waals surface area contributed by atoms with Gasteiger partial charge in [0.1, 0.15) is 5.82 Å². The van der Waals surface area contributed by atoms with E-state index in [1.807, 2.05) is 48.6 Å². The molecule has 1 heterocycles. The summed E-state index contributed by atoms with van der Waals surface area (Å²) in [5.74, 6) is 1.61. The van der Waals surface area contributed by atoms with Crippen LogP contribution in [-0.4, -0.2) is 36.3 Å². The molecule has 4 rings (SSSR count). The van der Waals surface area contributed by atoms with Crippen molar-refractivity contribution < 1.29 is 14.3 Å². The Morgan fingerprint density at radius 3 is 2.53 bits per heavy atom. The van der Waals surface area contributed by atoms with Crippen LogP contribution >= 0.6 is 0 Å². The van der Waals surface area contributed by atoms with Crippen LogP contribution in [0.15, 0.2) is 71.8 Å². The Kier molecular flexibility index (Phi) is 6.27. The van der Waals surface area contributed by atoms with Gasteiger partial charge in [0.05, 0.1) is 31.5 Å². The lowest BCUT2D eigenvalue weighted by molar-refractivity contribution is 0.0955. The van der Waals surface area contributed by atoms with Gasteiger partial charge in [0.25, 0.3) is 5.91 Å². The third-order valence-corrected chi connectivity index (χ3v) is 4.78. The molecular formula is C25H22N4O3. The molecule has 2 N–H and O–H groups in total. The Morgan fingerprint density at radius 2 is 1.75 bits per heavy atom. The molecule has 0 aliphatic heterocycles. The van der Waals surface area contributed by atoms with Gasteiger partial charge in [0.15, 0.2) is 11.5 Å². The van der Waals surface area contributed by atoms with Crippen LogP contribution in [0.25, 0.3) is 23.2 Å². The molecule has 3 aromatic carbocycles. The monoisotopic (exact) mass is 426 g/mol. The number of H-pyrrole nitrogens is 1. The minimum atomic E-state index is -0.320. The molecular weight excluding hydrogens is 404 g/mol. The first-order valence-electron chi connectivity index (χ1n) is 9.94. The molecule has 0 aliphatic carbocycles. The highest BCUT2D eigenvalue weighted by atomic mass is 16.5. The number of imidazole rings is 1. The van der Waals surface area contributed by atoms with E-state index in [1.54, 1.807) is 50.8 Å². The number of fused-ring (bicyclic) bond motifs is 1. The summed E-state index contributed by atoms with van der Waals surface area (Å²) < 4.78 is 10.5. The Labute approximate surface area is 185 Å². The minimum absolute atomic E-state index is 0.320. The van der Waals surface area contributed by atoms with E-state index < -0.39 is 0 Å². The van der Waals surface area contributed by atoms with E-state index in [4.69, 9.17) is 9.47 Å². The third-order valence-electron chi connectivity index (χ3n) is 4.78. The summed E-state index contributed by atoms with van der Waals surface area (Å²) in [6.07, 6.45) is 5.43. The van der Waals surface area contributed by atoms with E-state index >= 15 is 0 Å². The van der Waals surface area contributed by atoms with Crippen molar-refractivity contribution >= 4 is 35.3 Å². The molecule has 0 saturated heterocycles. The van der Waals surface area contributed by atoms with Crippen LogP contribution in [-0.2, 0) is 0 Å². The maximum Gasteiger partial charge on any atom is 0.271 e. The van der Waals surface area contributed by atoms with Crippen molar-refractivity contribution in [1.82, 2.24) is 15.4 Å². The van der Waals surface area contributed by atoms with Crippen molar-refractivity contribution in [2.45, 2.75) is 0 Å². The molecule has 0 radical (unpaired) electrons. The number of carbonyl (C=O) groups is 1. The summed E-state index contributed by atoms with van der Waals surface area (Å²) >= 11 is 0. The number of aromatic nitrogens is 2. The quantitative estimate of drug-likeness (QED) is 0.336. The second-order valence-corrected chi connectivity index (χ2v) is 6.91. The number of nitrogens with one attached hydrogen (secondary N) is 2. The van der Waals surface area contributed by atoms with Crippen LogP contribution in [0.1, 0.15) is 27.3 Å². The number of hydrogen-bond donors (Lipinski definition) is 2. The normalized spacial score (nSPS) is 11.3. The molecule has 0 unspecified atom stereocenters. The molecule has 0 spiro atoms. The first-order chi connectivity index (χ1) is 15.7. The van der Waals surface area contributed by atoms with Gasteiger partial charge in [-0.25, -0.2) is 10.4 Å². The molecule has 1 amide bonds. The van der Waals surface area contributed by atoms with Gasteiger partial charge in [0, 0.05) is 5.56 Å². The molecule has 32 heavy (non-hydrogen) atoms. The number of hydrazone groups is 1. The van der Waals surface area contributed by atoms with Crippen LogP contribution in [0, 0.1) is 0 Å². The fourth-order valence-electron chi connectivity index (χ4n) is 3.15. The molecule has 0 atom stereocenters. The third kappa shape index (κ3) is 4.84. The van der Waals surface area contributed by atoms with Crippen molar-refractivity contribution in [3.63, 3.8) is 0 Å². The zero-order valence-corrected chi connectivity index (χ0v) is 17.7. The largest absolute Gasteiger partial charge is 0.493 e. The molecule has 7 heteroatoms. The van der Waals surface area contributed by atoms with Gasteiger partial charge < -0.3 is 14.5 Å². The lowest BCUT2D eigenvalue weighted by Gasteiger charge is -2.07. The fraction of sp³-hybridized carbons (Fsp3) is 0.0800. The van der Waals surface area contributed by atoms with Crippen molar-refractivity contribution in [2.24, 2.45) is 5.10 Å². The van der Waals surface area contributed by atoms with Gasteiger partial charge in [-0.2, -0.15) is 5.10 Å². The maximum absolute atomic E-state index is 12.5. The highest BCUT2D eigenvalue weighted by molar-refractivity contribution is 5.98. The lowest BCUT2D eigenvalue weighted by Crippen LogP contribution is -2.17. The lowest BCUT2D eigenvalue weighted by atomic mass is 10.2. The highest BCUT2D eigenvalue weighted by Gasteiger charge is 2.08. The van der Waals surface area contributed by atoms with Crippen LogP contribution in [0.5, 0.6) is 11.5 Å². The number of amides is 1. The van der Waals surface area contributed by atoms with Gasteiger partial charge in [-0.3, -0.25) is 4.79 Å². The molecule has 4 aromatic rings. The summed E-state index contributed by atoms with van der Waals surface area (Å²) in [5, 5.41) is 4.04. The van der Waals surface area contributed by atoms with Crippen molar-refractivity contribution in [3.05, 3.63) is 89.2 Å². The average Bonchev–Trinajstić information content (AvgIpc) is 3.25. The average molecular weight is 426 g/mol. The zero-order valence-electron chi connectivity index (χ0n) is 17.7. The van der Waals surface area contributed by atoms with Crippen molar-refractivity contribution in [3.8, 4) is 11.5 Å². The SMILES string of the molecule is COc1ccc(/C=N/NC(=O)c2ccc3nc(/C=C/c4ccccc4)[nH]c3c2)cc1OC. The molecule has 0 fully saturated rings. The van der Waals surface area contributed by atoms with Gasteiger partial charge in [-0.1, -0.05) is 36.4 Å². The molecule has 0 aliphatic rings. The molecule has 1 aromatic heterocycles. The van der Waals surface area contributed by atoms with Crippen LogP contribution in [0.3, 0.4) is 0 Å². The second-order valence-electron chi connectivity index (χ2n) is 6.91. The standard InChI is InChI=1S/C25H22N4O3/c1-31-22-12-8-18(14-23(22)32-2)16-26-29-25(30)19-10-11-20-21(15-19)28-24(27-20)13-9-17-6-4-3-5-7-17/h3-16H,1-2H3,(H,27,28)(H,29,30)/b13-9+,26-16+. The first-order valence-corrected chi connectivity index (χ1v) is 9.94. The summed E-state index contributed by atoms with van der Waals surface area (Å²) in [5.41, 5.74) is 6.42. The summed E-state index contributed by atoms with van der Waals surface area (Å²) in [6, 6.07) is 20.6. The topological polar surface area (TPSA) is 88.6 Å². The van der Waals surface area contributed by atoms with Gasteiger partial charge >= 0.3 is 0 Å². The van der Waals surface area contributed by atoms with Crippen molar-refractivity contribution in [2.75, 3.05) is 14.2 Å². The Hall–Kier alpha value is -4.39. The second kappa shape index (κ2) is 9.61. The predicted molar refractivity (Wildman–Crippen MR) is 126 cm³/mol. The van der Waals surface area contributed by atoms with Crippen LogP contribution < -0.4 is 14.9 Å².